The Bertz CT molecular complexity index is 391. The van der Waals surface area contributed by atoms with Gasteiger partial charge in [-0.15, -0.1) is 6.58 Å². The number of anilines is 1. The van der Waals surface area contributed by atoms with Crippen LogP contribution in [0.3, 0.4) is 0 Å². The van der Waals surface area contributed by atoms with Gasteiger partial charge in [0.1, 0.15) is 5.82 Å². The molecule has 0 amide bonds. The highest BCUT2D eigenvalue weighted by atomic mass is 16.5. The third kappa shape index (κ3) is 3.27. The maximum atomic E-state index is 10.8. The van der Waals surface area contributed by atoms with Crippen LogP contribution in [0.25, 0.3) is 0 Å². The van der Waals surface area contributed by atoms with Crippen LogP contribution in [0.1, 0.15) is 16.8 Å². The molecule has 1 aromatic rings. The van der Waals surface area contributed by atoms with Crippen LogP contribution < -0.4 is 10.1 Å². The zero-order chi connectivity index (χ0) is 12.0. The molecule has 0 saturated carbocycles. The lowest BCUT2D eigenvalue weighted by Crippen LogP contribution is -2.06. The highest BCUT2D eigenvalue weighted by Gasteiger charge is 2.08. The quantitative estimate of drug-likeness (QED) is 0.567. The minimum Gasteiger partial charge on any atom is -0.481 e. The standard InChI is InChI=1S/C11H14N2O3/c1-3-4-5-12-9-6-8(11(14)15)7-10(13-9)16-2/h3,6-7H,1,4-5H2,2H3,(H,12,13)(H,14,15). The Kier molecular flexibility index (Phi) is 4.32. The van der Waals surface area contributed by atoms with Gasteiger partial charge in [0, 0.05) is 12.6 Å². The molecule has 0 unspecified atom stereocenters. The maximum absolute atomic E-state index is 10.8. The zero-order valence-corrected chi connectivity index (χ0v) is 9.06. The van der Waals surface area contributed by atoms with Crippen LogP contribution in [-0.4, -0.2) is 29.7 Å². The van der Waals surface area contributed by atoms with E-state index in [1.807, 2.05) is 0 Å². The monoisotopic (exact) mass is 222 g/mol. The van der Waals surface area contributed by atoms with E-state index < -0.39 is 5.97 Å². The number of carboxylic acids is 1. The zero-order valence-electron chi connectivity index (χ0n) is 9.06. The Morgan fingerprint density at radius 2 is 2.44 bits per heavy atom. The number of hydrogen-bond donors (Lipinski definition) is 2. The molecule has 0 aliphatic carbocycles. The summed E-state index contributed by atoms with van der Waals surface area (Å²) in [6.45, 7) is 4.25. The number of aromatic carboxylic acids is 1. The second-order valence-electron chi connectivity index (χ2n) is 3.09. The highest BCUT2D eigenvalue weighted by molar-refractivity contribution is 5.88. The van der Waals surface area contributed by atoms with Gasteiger partial charge < -0.3 is 15.2 Å². The second kappa shape index (κ2) is 5.75. The lowest BCUT2D eigenvalue weighted by molar-refractivity contribution is 0.0696. The maximum Gasteiger partial charge on any atom is 0.336 e. The summed E-state index contributed by atoms with van der Waals surface area (Å²) in [7, 11) is 1.45. The summed E-state index contributed by atoms with van der Waals surface area (Å²) in [6.07, 6.45) is 2.55. The first-order chi connectivity index (χ1) is 7.67. The molecular weight excluding hydrogens is 208 g/mol. The fraction of sp³-hybridized carbons (Fsp3) is 0.273. The SMILES string of the molecule is C=CCCNc1cc(C(=O)O)cc(OC)n1. The molecule has 0 bridgehead atoms. The molecule has 1 rings (SSSR count). The molecule has 86 valence electrons. The van der Waals surface area contributed by atoms with Crippen LogP contribution in [0.4, 0.5) is 5.82 Å². The topological polar surface area (TPSA) is 71.5 Å². The second-order valence-corrected chi connectivity index (χ2v) is 3.09. The van der Waals surface area contributed by atoms with E-state index in [1.54, 1.807) is 6.08 Å². The molecule has 1 heterocycles. The predicted octanol–water partition coefficient (Wildman–Crippen LogP) is 1.78. The van der Waals surface area contributed by atoms with E-state index in [4.69, 9.17) is 9.84 Å². The molecule has 16 heavy (non-hydrogen) atoms. The highest BCUT2D eigenvalue weighted by Crippen LogP contribution is 2.15. The average molecular weight is 222 g/mol. The van der Waals surface area contributed by atoms with Gasteiger partial charge in [0.25, 0.3) is 0 Å². The van der Waals surface area contributed by atoms with E-state index in [1.165, 1.54) is 19.2 Å². The van der Waals surface area contributed by atoms with Crippen molar-refractivity contribution in [3.8, 4) is 5.88 Å². The summed E-state index contributed by atoms with van der Waals surface area (Å²) in [6, 6.07) is 2.84. The summed E-state index contributed by atoms with van der Waals surface area (Å²) < 4.78 is 4.92. The van der Waals surface area contributed by atoms with E-state index in [0.29, 0.717) is 12.4 Å². The van der Waals surface area contributed by atoms with Crippen LogP contribution in [-0.2, 0) is 0 Å². The Hall–Kier alpha value is -2.04. The van der Waals surface area contributed by atoms with Crippen LogP contribution in [0.2, 0.25) is 0 Å². The van der Waals surface area contributed by atoms with Crippen LogP contribution in [0.15, 0.2) is 24.8 Å². The van der Waals surface area contributed by atoms with Gasteiger partial charge in [-0.2, -0.15) is 4.98 Å². The van der Waals surface area contributed by atoms with Crippen LogP contribution in [0, 0.1) is 0 Å². The molecule has 0 aliphatic rings. The largest absolute Gasteiger partial charge is 0.481 e. The molecule has 0 spiro atoms. The minimum atomic E-state index is -1.01. The number of pyridine rings is 1. The Balaban J connectivity index is 2.86. The number of rotatable bonds is 6. The van der Waals surface area contributed by atoms with Crippen molar-refractivity contribution in [2.75, 3.05) is 19.0 Å². The molecule has 0 atom stereocenters. The minimum absolute atomic E-state index is 0.146. The van der Waals surface area contributed by atoms with Gasteiger partial charge in [0.2, 0.25) is 5.88 Å². The van der Waals surface area contributed by atoms with Crippen molar-refractivity contribution in [1.29, 1.82) is 0 Å². The van der Waals surface area contributed by atoms with Gasteiger partial charge in [0.15, 0.2) is 0 Å². The van der Waals surface area contributed by atoms with Gasteiger partial charge in [-0.05, 0) is 12.5 Å². The van der Waals surface area contributed by atoms with E-state index >= 15 is 0 Å². The lowest BCUT2D eigenvalue weighted by Gasteiger charge is -2.07. The van der Waals surface area contributed by atoms with E-state index in [0.717, 1.165) is 6.42 Å². The molecule has 0 aromatic carbocycles. The lowest BCUT2D eigenvalue weighted by atomic mass is 10.2. The van der Waals surface area contributed by atoms with Gasteiger partial charge in [-0.1, -0.05) is 6.08 Å². The first-order valence-corrected chi connectivity index (χ1v) is 4.81. The average Bonchev–Trinajstić information content (AvgIpc) is 2.29. The third-order valence-corrected chi connectivity index (χ3v) is 1.91. The normalized spacial score (nSPS) is 9.56. The third-order valence-electron chi connectivity index (χ3n) is 1.91. The predicted molar refractivity (Wildman–Crippen MR) is 61.1 cm³/mol. The fourth-order valence-electron chi connectivity index (χ4n) is 1.13. The van der Waals surface area contributed by atoms with E-state index in [9.17, 15) is 4.79 Å². The van der Waals surface area contributed by atoms with E-state index in [2.05, 4.69) is 16.9 Å². The number of ether oxygens (including phenoxy) is 1. The first-order valence-electron chi connectivity index (χ1n) is 4.81. The Morgan fingerprint density at radius 3 is 3.00 bits per heavy atom. The van der Waals surface area contributed by atoms with Crippen molar-refractivity contribution in [1.82, 2.24) is 4.98 Å². The number of carbonyl (C=O) groups is 1. The summed E-state index contributed by atoms with van der Waals surface area (Å²) in [5.74, 6) is -0.243. The Morgan fingerprint density at radius 1 is 1.69 bits per heavy atom. The number of methoxy groups -OCH3 is 1. The van der Waals surface area contributed by atoms with Crippen molar-refractivity contribution >= 4 is 11.8 Å². The van der Waals surface area contributed by atoms with Crippen molar-refractivity contribution in [2.45, 2.75) is 6.42 Å². The Labute approximate surface area is 93.8 Å². The smallest absolute Gasteiger partial charge is 0.336 e. The molecule has 2 N–H and O–H groups in total. The molecular formula is C11H14N2O3. The number of aromatic nitrogens is 1. The number of hydrogen-bond acceptors (Lipinski definition) is 4. The summed E-state index contributed by atoms with van der Waals surface area (Å²) in [5, 5.41) is 11.9. The first kappa shape index (κ1) is 12.0. The number of carboxylic acid groups (broad SMARTS) is 1. The molecule has 0 saturated heterocycles. The fourth-order valence-corrected chi connectivity index (χ4v) is 1.13. The van der Waals surface area contributed by atoms with Gasteiger partial charge in [0.05, 0.1) is 12.7 Å². The molecule has 5 nitrogen and oxygen atoms in total. The summed E-state index contributed by atoms with van der Waals surface area (Å²) in [5.41, 5.74) is 0.146. The van der Waals surface area contributed by atoms with Crippen molar-refractivity contribution < 1.29 is 14.6 Å². The van der Waals surface area contributed by atoms with Crippen LogP contribution >= 0.6 is 0 Å². The van der Waals surface area contributed by atoms with Gasteiger partial charge >= 0.3 is 5.97 Å². The van der Waals surface area contributed by atoms with Gasteiger partial charge in [-0.3, -0.25) is 0 Å². The number of nitrogens with zero attached hydrogens (tertiary/aromatic N) is 1. The molecule has 0 radical (unpaired) electrons. The van der Waals surface area contributed by atoms with Crippen molar-refractivity contribution in [3.05, 3.63) is 30.4 Å². The van der Waals surface area contributed by atoms with Crippen LogP contribution in [0.5, 0.6) is 5.88 Å². The molecule has 1 aromatic heterocycles. The molecule has 0 fully saturated rings. The molecule has 5 heteroatoms. The van der Waals surface area contributed by atoms with Gasteiger partial charge in [-0.25, -0.2) is 4.79 Å². The van der Waals surface area contributed by atoms with E-state index in [-0.39, 0.29) is 11.4 Å². The summed E-state index contributed by atoms with van der Waals surface area (Å²) >= 11 is 0. The molecule has 0 aliphatic heterocycles. The van der Waals surface area contributed by atoms with Crippen molar-refractivity contribution in [3.63, 3.8) is 0 Å². The van der Waals surface area contributed by atoms with Crippen molar-refractivity contribution in [2.24, 2.45) is 0 Å². The number of nitrogens with one attached hydrogen (secondary N) is 1. The summed E-state index contributed by atoms with van der Waals surface area (Å²) in [4.78, 5) is 14.9.